The van der Waals surface area contributed by atoms with Crippen LogP contribution in [0.25, 0.3) is 0 Å². The molecule has 0 unspecified atom stereocenters. The Balaban J connectivity index is 2.17. The van der Waals surface area contributed by atoms with Crippen LogP contribution in [0.4, 0.5) is 4.39 Å². The molecule has 1 nitrogen and oxygen atoms in total. The average molecular weight is 315 g/mol. The lowest BCUT2D eigenvalue weighted by molar-refractivity contribution is 0.0220. The zero-order valence-electron chi connectivity index (χ0n) is 14.9. The Morgan fingerprint density at radius 2 is 1.48 bits per heavy atom. The molecular formula is C18H35FOSi. The van der Waals surface area contributed by atoms with Crippen LogP contribution in [0.2, 0.25) is 22.7 Å². The first-order valence-electron chi connectivity index (χ1n) is 9.10. The van der Waals surface area contributed by atoms with Gasteiger partial charge in [-0.25, -0.2) is 4.39 Å². The van der Waals surface area contributed by atoms with Gasteiger partial charge in [-0.3, -0.25) is 0 Å². The summed E-state index contributed by atoms with van der Waals surface area (Å²) in [6, 6.07) is 1.02. The molecule has 21 heavy (non-hydrogen) atoms. The van der Waals surface area contributed by atoms with Gasteiger partial charge in [0.1, 0.15) is 6.17 Å². The second-order valence-corrected chi connectivity index (χ2v) is 14.5. The summed E-state index contributed by atoms with van der Waals surface area (Å²) in [4.78, 5) is 0. The van der Waals surface area contributed by atoms with E-state index in [2.05, 4.69) is 41.5 Å². The molecule has 0 aromatic carbocycles. The Morgan fingerprint density at radius 3 is 1.95 bits per heavy atom. The molecule has 2 rings (SSSR count). The van der Waals surface area contributed by atoms with Crippen LogP contribution in [0.3, 0.4) is 0 Å². The third kappa shape index (κ3) is 3.10. The summed E-state index contributed by atoms with van der Waals surface area (Å²) in [6.07, 6.45) is 3.94. The summed E-state index contributed by atoms with van der Waals surface area (Å²) in [6.45, 7) is 14.2. The van der Waals surface area contributed by atoms with Gasteiger partial charge in [-0.05, 0) is 18.9 Å². The molecule has 1 aliphatic carbocycles. The van der Waals surface area contributed by atoms with Crippen molar-refractivity contribution in [2.45, 2.75) is 108 Å². The lowest BCUT2D eigenvalue weighted by Gasteiger charge is -2.45. The van der Waals surface area contributed by atoms with Gasteiger partial charge in [0.2, 0.25) is 0 Å². The second-order valence-electron chi connectivity index (χ2n) is 8.39. The highest BCUT2D eigenvalue weighted by Crippen LogP contribution is 2.49. The molecule has 0 bridgehead atoms. The van der Waals surface area contributed by atoms with Crippen molar-refractivity contribution < 1.29 is 9.13 Å². The third-order valence-corrected chi connectivity index (χ3v) is 14.2. The minimum Gasteiger partial charge on any atom is -0.372 e. The highest BCUT2D eigenvalue weighted by atomic mass is 28.3. The topological polar surface area (TPSA) is 9.23 Å². The first-order chi connectivity index (χ1) is 9.80. The fraction of sp³-hybridized carbons (Fsp3) is 1.00. The van der Waals surface area contributed by atoms with Gasteiger partial charge in [-0.2, -0.15) is 0 Å². The van der Waals surface area contributed by atoms with Crippen molar-refractivity contribution in [1.29, 1.82) is 0 Å². The van der Waals surface area contributed by atoms with Crippen molar-refractivity contribution >= 4 is 8.07 Å². The van der Waals surface area contributed by atoms with Crippen LogP contribution >= 0.6 is 0 Å². The molecule has 124 valence electrons. The van der Waals surface area contributed by atoms with Gasteiger partial charge in [0.25, 0.3) is 0 Å². The monoisotopic (exact) mass is 314 g/mol. The average Bonchev–Trinajstić information content (AvgIpc) is 2.72. The Hall–Kier alpha value is 0.107. The molecular weight excluding hydrogens is 279 g/mol. The van der Waals surface area contributed by atoms with Crippen molar-refractivity contribution in [3.8, 4) is 0 Å². The van der Waals surface area contributed by atoms with Crippen molar-refractivity contribution in [1.82, 2.24) is 0 Å². The Kier molecular flexibility index (Phi) is 5.57. The maximum absolute atomic E-state index is 14.9. The van der Waals surface area contributed by atoms with Crippen LogP contribution in [0.15, 0.2) is 0 Å². The Morgan fingerprint density at radius 1 is 0.952 bits per heavy atom. The van der Waals surface area contributed by atoms with E-state index in [0.717, 1.165) is 18.9 Å². The molecule has 0 N–H and O–H groups in total. The smallest absolute Gasteiger partial charge is 0.131 e. The van der Waals surface area contributed by atoms with E-state index in [1.54, 1.807) is 0 Å². The fourth-order valence-electron chi connectivity index (χ4n) is 5.45. The molecule has 2 aliphatic rings. The van der Waals surface area contributed by atoms with E-state index in [0.29, 0.717) is 16.6 Å². The third-order valence-electron chi connectivity index (χ3n) is 6.65. The Bertz CT molecular complexity index is 320. The van der Waals surface area contributed by atoms with E-state index < -0.39 is 14.2 Å². The predicted molar refractivity (Wildman–Crippen MR) is 91.4 cm³/mol. The van der Waals surface area contributed by atoms with Crippen molar-refractivity contribution in [3.63, 3.8) is 0 Å². The minimum absolute atomic E-state index is 0.114. The van der Waals surface area contributed by atoms with Crippen LogP contribution in [0.5, 0.6) is 0 Å². The summed E-state index contributed by atoms with van der Waals surface area (Å²) in [5, 5.41) is 0. The molecule has 1 saturated carbocycles. The first-order valence-corrected chi connectivity index (χ1v) is 11.5. The molecule has 0 amide bonds. The molecule has 1 aliphatic heterocycles. The normalized spacial score (nSPS) is 34.0. The second kappa shape index (κ2) is 6.70. The molecule has 3 heteroatoms. The van der Waals surface area contributed by atoms with E-state index in [-0.39, 0.29) is 18.1 Å². The molecule has 0 aromatic heterocycles. The molecule has 4 atom stereocenters. The van der Waals surface area contributed by atoms with Crippen LogP contribution in [0, 0.1) is 5.92 Å². The summed E-state index contributed by atoms with van der Waals surface area (Å²) in [5.41, 5.74) is 2.07. The fourth-order valence-corrected chi connectivity index (χ4v) is 11.9. The highest BCUT2D eigenvalue weighted by Gasteiger charge is 2.51. The van der Waals surface area contributed by atoms with E-state index in [1.807, 2.05) is 0 Å². The number of hydrogen-bond donors (Lipinski definition) is 0. The summed E-state index contributed by atoms with van der Waals surface area (Å²) < 4.78 is 21.2. The number of halogens is 1. The quantitative estimate of drug-likeness (QED) is 0.569. The summed E-state index contributed by atoms with van der Waals surface area (Å²) in [5.74, 6) is 0.196. The van der Waals surface area contributed by atoms with Gasteiger partial charge >= 0.3 is 0 Å². The number of rotatable bonds is 5. The van der Waals surface area contributed by atoms with Gasteiger partial charge in [-0.15, -0.1) is 0 Å². The van der Waals surface area contributed by atoms with Gasteiger partial charge in [0.15, 0.2) is 0 Å². The molecule has 1 heterocycles. The maximum atomic E-state index is 14.9. The minimum atomic E-state index is -1.56. The largest absolute Gasteiger partial charge is 0.372 e. The van der Waals surface area contributed by atoms with E-state index in [1.165, 1.54) is 12.8 Å². The van der Waals surface area contributed by atoms with Crippen molar-refractivity contribution in [2.75, 3.05) is 0 Å². The SMILES string of the molecule is CC(C)[Si](C[C@H]1O[C@H]2CCCC[C@@H]2[C@H]1F)(C(C)C)C(C)C. The van der Waals surface area contributed by atoms with Crippen LogP contribution in [-0.2, 0) is 4.74 Å². The lowest BCUT2D eigenvalue weighted by atomic mass is 9.84. The van der Waals surface area contributed by atoms with Crippen molar-refractivity contribution in [3.05, 3.63) is 0 Å². The number of hydrogen-bond acceptors (Lipinski definition) is 1. The molecule has 0 aromatic rings. The zero-order valence-corrected chi connectivity index (χ0v) is 15.9. The van der Waals surface area contributed by atoms with E-state index in [9.17, 15) is 4.39 Å². The van der Waals surface area contributed by atoms with Gasteiger partial charge in [0.05, 0.1) is 20.3 Å². The van der Waals surface area contributed by atoms with Crippen LogP contribution in [0.1, 0.15) is 67.2 Å². The molecule has 1 saturated heterocycles. The molecule has 0 spiro atoms. The number of alkyl halides is 1. The predicted octanol–water partition coefficient (Wildman–Crippen LogP) is 5.96. The van der Waals surface area contributed by atoms with Gasteiger partial charge < -0.3 is 4.74 Å². The summed E-state index contributed by atoms with van der Waals surface area (Å²) in [7, 11) is -1.56. The van der Waals surface area contributed by atoms with E-state index in [4.69, 9.17) is 4.74 Å². The lowest BCUT2D eigenvalue weighted by Crippen LogP contribution is -2.48. The molecule has 0 radical (unpaired) electrons. The van der Waals surface area contributed by atoms with E-state index >= 15 is 0 Å². The first kappa shape index (κ1) is 17.5. The Labute approximate surface area is 132 Å². The van der Waals surface area contributed by atoms with Crippen molar-refractivity contribution in [2.24, 2.45) is 5.92 Å². The van der Waals surface area contributed by atoms with Crippen LogP contribution < -0.4 is 0 Å². The standard InChI is InChI=1S/C18H35FOSi/c1-12(2)21(13(3)4,14(5)6)11-17-18(19)15-9-7-8-10-16(15)20-17/h12-18H,7-11H2,1-6H3/t15-,16-,17+,18+/m0/s1. The van der Waals surface area contributed by atoms with Gasteiger partial charge in [-0.1, -0.05) is 71.0 Å². The molecule has 2 fully saturated rings. The number of fused-ring (bicyclic) bond motifs is 1. The zero-order chi connectivity index (χ0) is 15.8. The highest BCUT2D eigenvalue weighted by molar-refractivity contribution is 6.83. The van der Waals surface area contributed by atoms with Crippen LogP contribution in [-0.4, -0.2) is 26.5 Å². The van der Waals surface area contributed by atoms with Gasteiger partial charge in [0, 0.05) is 5.92 Å². The summed E-state index contributed by atoms with van der Waals surface area (Å²) >= 11 is 0. The maximum Gasteiger partial charge on any atom is 0.131 e. The number of ether oxygens (including phenoxy) is 1.